The smallest absolute Gasteiger partial charge is 0.227 e. The van der Waals surface area contributed by atoms with Crippen LogP contribution in [0.5, 0.6) is 0 Å². The molecule has 5 aromatic heterocycles. The number of likely N-dealkylation sites (tertiary alicyclic amines) is 4. The minimum atomic E-state index is 0.0448. The lowest BCUT2D eigenvalue weighted by Crippen LogP contribution is -2.37. The van der Waals surface area contributed by atoms with Gasteiger partial charge in [-0.25, -0.2) is 0 Å². The highest BCUT2D eigenvalue weighted by atomic mass is 16.5. The largest absolute Gasteiger partial charge is 0.467 e. The van der Waals surface area contributed by atoms with E-state index in [9.17, 15) is 19.2 Å². The zero-order valence-corrected chi connectivity index (χ0v) is 71.4. The van der Waals surface area contributed by atoms with Crippen LogP contribution in [-0.4, -0.2) is 193 Å². The van der Waals surface area contributed by atoms with Crippen LogP contribution in [0.15, 0.2) is 120 Å². The van der Waals surface area contributed by atoms with Gasteiger partial charge in [0.25, 0.3) is 0 Å². The first kappa shape index (κ1) is 85.1. The van der Waals surface area contributed by atoms with Crippen molar-refractivity contribution in [1.82, 2.24) is 59.5 Å². The lowest BCUT2D eigenvalue weighted by molar-refractivity contribution is -0.118. The third-order valence-electron chi connectivity index (χ3n) is 24.6. The van der Waals surface area contributed by atoms with Crippen LogP contribution in [-0.2, 0) is 109 Å². The Balaban J connectivity index is 0.000000121. The molecule has 648 valence electrons. The number of nitrogens with one attached hydrogen (secondary N) is 4. The molecule has 30 heteroatoms. The zero-order chi connectivity index (χ0) is 84.7. The van der Waals surface area contributed by atoms with Crippen LogP contribution in [0, 0.1) is 5.92 Å². The number of nitrogens with two attached hydrogens (primary N) is 4. The number of Topliss-reactive ketones (excluding diaryl/α,β-unsaturated/α-hetero) is 4. The molecule has 0 bridgehead atoms. The summed E-state index contributed by atoms with van der Waals surface area (Å²) in [5.74, 6) is 8.72. The van der Waals surface area contributed by atoms with Crippen molar-refractivity contribution in [1.29, 1.82) is 0 Å². The van der Waals surface area contributed by atoms with Crippen LogP contribution in [0.4, 0.5) is 70.3 Å². The van der Waals surface area contributed by atoms with Crippen molar-refractivity contribution < 1.29 is 28.3 Å². The van der Waals surface area contributed by atoms with E-state index in [1.54, 1.807) is 13.4 Å². The van der Waals surface area contributed by atoms with E-state index in [-0.39, 0.29) is 42.0 Å². The van der Waals surface area contributed by atoms with Gasteiger partial charge in [0, 0.05) is 126 Å². The number of ketones is 4. The number of hydrogen-bond acceptors (Lipinski definition) is 30. The quantitative estimate of drug-likeness (QED) is 0.0226. The van der Waals surface area contributed by atoms with Crippen LogP contribution in [0.3, 0.4) is 0 Å². The fourth-order valence-corrected chi connectivity index (χ4v) is 18.0. The predicted molar refractivity (Wildman–Crippen MR) is 482 cm³/mol. The third kappa shape index (κ3) is 23.1. The normalized spacial score (nSPS) is 18.2. The number of methoxy groups -OCH3 is 1. The molecular formula is C93H120N24O6. The molecule has 13 heterocycles. The van der Waals surface area contributed by atoms with Gasteiger partial charge in [-0.2, -0.15) is 39.9 Å². The topological polar surface area (TPSA) is 372 Å². The summed E-state index contributed by atoms with van der Waals surface area (Å²) in [6.07, 6.45) is 19.2. The molecule has 2 saturated carbocycles. The van der Waals surface area contributed by atoms with E-state index in [1.165, 1.54) is 156 Å². The molecule has 30 nitrogen and oxygen atoms in total. The minimum absolute atomic E-state index is 0.0448. The van der Waals surface area contributed by atoms with Crippen molar-refractivity contribution >= 4 is 93.5 Å². The first-order chi connectivity index (χ1) is 59.9. The molecule has 9 aromatic rings. The molecule has 4 saturated heterocycles. The number of nitrogens with zero attached hydrogens (tertiary/aromatic N) is 16. The van der Waals surface area contributed by atoms with Gasteiger partial charge >= 0.3 is 0 Å². The number of aromatic nitrogens is 8. The zero-order valence-electron chi connectivity index (χ0n) is 71.4. The van der Waals surface area contributed by atoms with Crippen LogP contribution < -0.4 is 63.8 Å². The summed E-state index contributed by atoms with van der Waals surface area (Å²) >= 11 is 0. The van der Waals surface area contributed by atoms with Gasteiger partial charge in [0.1, 0.15) is 52.3 Å². The maximum absolute atomic E-state index is 12.5. The SMILES string of the molecule is COC[C@H](C)Nc1nc(N)c2c(n1)N(Cc1cccc(CN3CCCC3)c1)CC(=O)C2.Nc1nc(NC2CCC2)nc2c1CC(=O)CN2Cc1cccc(CN2CCCC2)c1.Nc1nc(NCC2CC2)nc2c1CC(=O)CN2Cc1cccc(CN2CCCC2)c1.Nc1nc(NCc2ccco2)nc2c1CC(=O)CN2Cc1cccc(CN2CCCC2)c1. The molecule has 8 aliphatic heterocycles. The van der Waals surface area contributed by atoms with Gasteiger partial charge in [0.05, 0.1) is 45.6 Å². The number of fused-ring (bicyclic) bond motifs is 4. The Hall–Kier alpha value is -11.4. The average Bonchev–Trinajstić information content (AvgIpc) is 1.35. The van der Waals surface area contributed by atoms with Crippen LogP contribution in [0.2, 0.25) is 0 Å². The fourth-order valence-electron chi connectivity index (χ4n) is 18.0. The van der Waals surface area contributed by atoms with Gasteiger partial charge in [-0.05, 0) is 205 Å². The number of ether oxygens (including phenoxy) is 1. The predicted octanol–water partition coefficient (Wildman–Crippen LogP) is 10.6. The highest BCUT2D eigenvalue weighted by Gasteiger charge is 2.34. The molecule has 0 unspecified atom stereocenters. The molecule has 0 amide bonds. The van der Waals surface area contributed by atoms with Gasteiger partial charge in [-0.1, -0.05) is 97.1 Å². The Bertz CT molecular complexity index is 5150. The number of anilines is 12. The van der Waals surface area contributed by atoms with Crippen LogP contribution in [0.25, 0.3) is 0 Å². The number of furan rings is 1. The summed E-state index contributed by atoms with van der Waals surface area (Å²) in [5.41, 5.74) is 37.8. The molecule has 123 heavy (non-hydrogen) atoms. The summed E-state index contributed by atoms with van der Waals surface area (Å²) in [6, 6.07) is 38.8. The Morgan fingerprint density at radius 2 is 0.724 bits per heavy atom. The molecule has 2 aliphatic carbocycles. The molecule has 12 N–H and O–H groups in total. The van der Waals surface area contributed by atoms with Crippen LogP contribution in [0.1, 0.15) is 163 Å². The molecule has 0 radical (unpaired) electrons. The van der Waals surface area contributed by atoms with Crippen molar-refractivity contribution in [3.8, 4) is 0 Å². The van der Waals surface area contributed by atoms with E-state index in [0.717, 1.165) is 108 Å². The van der Waals surface area contributed by atoms with Gasteiger partial charge in [0.2, 0.25) is 23.8 Å². The van der Waals surface area contributed by atoms with Gasteiger partial charge in [-0.15, -0.1) is 0 Å². The number of carbonyl (C=O) groups excluding carboxylic acids is 4. The standard InChI is InChI=1S/C24H28N6O2.C23H32N6O2.2C23H30N6O/c25-22-21-12-19(31)16-30(23(21)28-24(27-22)26-13-20-7-4-10-32-20)15-18-6-3-5-17(11-18)14-29-8-1-2-9-29;1-16(15-31-2)25-23-26-21(24)20-11-19(30)14-29(22(20)27-23)13-18-7-5-6-17(10-18)12-28-8-3-4-9-28;24-21-20-12-19(30)15-29(22(20)27-23(26-21)25-18-7-4-8-18)14-17-6-3-5-16(11-17)13-28-9-1-2-10-28;24-21-20-11-19(30)15-29(22(20)27-23(26-21)25-12-16-6-7-16)14-18-5-3-4-17(10-18)13-28-8-1-2-9-28/h3-7,10-11H,1-2,8-9,12-16H2,(H3,25,26,27,28);5-7,10,16H,3-4,8-9,11-15H2,1-2H3,(H3,24,25,26,27);3,5-6,11,18H,1-2,4,7-10,12-15H2,(H3,24,25,26,27);3-5,10,16H,1-2,6-9,11-15H2,(H3,24,25,26,27)/t;16-;;/m.0../s1. The maximum Gasteiger partial charge on any atom is 0.227 e. The highest BCUT2D eigenvalue weighted by molar-refractivity contribution is 5.94. The maximum atomic E-state index is 12.5. The molecule has 0 spiro atoms. The van der Waals surface area contributed by atoms with Crippen LogP contribution >= 0.6 is 0 Å². The van der Waals surface area contributed by atoms with Crippen molar-refractivity contribution in [3.05, 3.63) is 188 Å². The molecule has 6 fully saturated rings. The summed E-state index contributed by atoms with van der Waals surface area (Å²) < 4.78 is 10.5. The summed E-state index contributed by atoms with van der Waals surface area (Å²) in [5, 5.41) is 13.1. The van der Waals surface area contributed by atoms with Gasteiger partial charge in [0.15, 0.2) is 23.1 Å². The fraction of sp³-hybridized carbons (Fsp3) is 0.484. The van der Waals surface area contributed by atoms with E-state index < -0.39 is 0 Å². The average molecular weight is 1670 g/mol. The number of carbonyl (C=O) groups is 4. The third-order valence-corrected chi connectivity index (χ3v) is 24.6. The van der Waals surface area contributed by atoms with Crippen molar-refractivity contribution in [2.75, 3.05) is 163 Å². The van der Waals surface area contributed by atoms with Gasteiger partial charge in [-0.3, -0.25) is 38.8 Å². The molecule has 10 aliphatic rings. The number of hydrogen-bond donors (Lipinski definition) is 8. The van der Waals surface area contributed by atoms with E-state index in [0.29, 0.717) is 137 Å². The minimum Gasteiger partial charge on any atom is -0.467 e. The van der Waals surface area contributed by atoms with E-state index in [1.807, 2.05) is 28.9 Å². The van der Waals surface area contributed by atoms with Crippen molar-refractivity contribution in [2.45, 2.75) is 187 Å². The second-order valence-corrected chi connectivity index (χ2v) is 35.0. The van der Waals surface area contributed by atoms with E-state index in [4.69, 9.17) is 52.0 Å². The lowest BCUT2D eigenvalue weighted by Gasteiger charge is -2.31. The first-order valence-electron chi connectivity index (χ1n) is 44.4. The summed E-state index contributed by atoms with van der Waals surface area (Å²) in [4.78, 5) is 104. The molecule has 19 rings (SSSR count). The number of nitrogen functional groups attached to an aromatic ring is 4. The summed E-state index contributed by atoms with van der Waals surface area (Å²) in [7, 11) is 1.66. The molecule has 1 atom stereocenters. The monoisotopic (exact) mass is 1670 g/mol. The summed E-state index contributed by atoms with van der Waals surface area (Å²) in [6.45, 7) is 21.1. The van der Waals surface area contributed by atoms with Gasteiger partial charge < -0.3 is 73.0 Å². The Kier molecular flexibility index (Phi) is 27.9. The Labute approximate surface area is 721 Å². The van der Waals surface area contributed by atoms with Crippen molar-refractivity contribution in [2.24, 2.45) is 5.92 Å². The molecule has 4 aromatic carbocycles. The highest BCUT2D eigenvalue weighted by Crippen LogP contribution is 2.37. The second kappa shape index (κ2) is 40.3. The Morgan fingerprint density at radius 1 is 0.398 bits per heavy atom. The lowest BCUT2D eigenvalue weighted by atomic mass is 9.93. The first-order valence-corrected chi connectivity index (χ1v) is 44.4. The molecular weight excluding hydrogens is 1550 g/mol. The second-order valence-electron chi connectivity index (χ2n) is 35.0. The number of rotatable bonds is 28. The van der Waals surface area contributed by atoms with E-state index in [2.05, 4.69) is 168 Å². The number of benzene rings is 4. The Morgan fingerprint density at radius 3 is 1.05 bits per heavy atom. The van der Waals surface area contributed by atoms with E-state index >= 15 is 0 Å². The van der Waals surface area contributed by atoms with Crippen molar-refractivity contribution in [3.63, 3.8) is 0 Å².